The fourth-order valence-electron chi connectivity index (χ4n) is 2.44. The molecule has 0 radical (unpaired) electrons. The molecule has 0 N–H and O–H groups in total. The normalized spacial score (nSPS) is 17.4. The van der Waals surface area contributed by atoms with Crippen LogP contribution in [0.3, 0.4) is 0 Å². The molecule has 0 saturated heterocycles. The van der Waals surface area contributed by atoms with Crippen molar-refractivity contribution in [3.05, 3.63) is 72.5 Å². The predicted molar refractivity (Wildman–Crippen MR) is 79.2 cm³/mol. The average molecular weight is 265 g/mol. The van der Waals surface area contributed by atoms with Gasteiger partial charge in [0.15, 0.2) is 0 Å². The average Bonchev–Trinajstić information content (AvgIpc) is 2.53. The monoisotopic (exact) mass is 265 g/mol. The molecule has 0 aromatic heterocycles. The lowest BCUT2D eigenvalue weighted by Crippen LogP contribution is -2.30. The summed E-state index contributed by atoms with van der Waals surface area (Å²) in [6.45, 7) is 0. The van der Waals surface area contributed by atoms with Crippen LogP contribution in [0.5, 0.6) is 0 Å². The first kappa shape index (κ1) is 12.5. The Balaban J connectivity index is 2.02. The third-order valence-electron chi connectivity index (χ3n) is 3.45. The molecule has 3 heteroatoms. The topological polar surface area (TPSA) is 29.5 Å². The fraction of sp³-hybridized carbons (Fsp3) is 0.118. The van der Waals surface area contributed by atoms with Gasteiger partial charge >= 0.3 is 6.09 Å². The number of hydrogen-bond acceptors (Lipinski definition) is 2. The Kier molecular flexibility index (Phi) is 3.25. The molecular weight excluding hydrogens is 250 g/mol. The van der Waals surface area contributed by atoms with Crippen molar-refractivity contribution >= 4 is 16.9 Å². The molecule has 1 aliphatic rings. The summed E-state index contributed by atoms with van der Waals surface area (Å²) in [6, 6.07) is 14.3. The number of allylic oxidation sites excluding steroid dienone is 2. The molecule has 1 aliphatic heterocycles. The largest absolute Gasteiger partial charge is 0.452 e. The SMILES string of the molecule is COC(=O)N1C=CC=CC1c1ccc2ccccc2c1. The van der Waals surface area contributed by atoms with E-state index in [0.717, 1.165) is 10.9 Å². The van der Waals surface area contributed by atoms with Crippen molar-refractivity contribution in [1.82, 2.24) is 4.90 Å². The second-order valence-electron chi connectivity index (χ2n) is 4.66. The van der Waals surface area contributed by atoms with Crippen molar-refractivity contribution < 1.29 is 9.53 Å². The van der Waals surface area contributed by atoms with Crippen molar-refractivity contribution in [3.63, 3.8) is 0 Å². The van der Waals surface area contributed by atoms with Gasteiger partial charge in [0, 0.05) is 6.20 Å². The van der Waals surface area contributed by atoms with Crippen LogP contribution in [0.1, 0.15) is 11.6 Å². The van der Waals surface area contributed by atoms with Crippen LogP contribution in [-0.4, -0.2) is 18.1 Å². The zero-order valence-electron chi connectivity index (χ0n) is 11.2. The Labute approximate surface area is 117 Å². The lowest BCUT2D eigenvalue weighted by atomic mass is 9.99. The fourth-order valence-corrected chi connectivity index (χ4v) is 2.44. The highest BCUT2D eigenvalue weighted by molar-refractivity contribution is 5.83. The van der Waals surface area contributed by atoms with Crippen molar-refractivity contribution in [2.75, 3.05) is 7.11 Å². The van der Waals surface area contributed by atoms with Gasteiger partial charge in [-0.2, -0.15) is 0 Å². The van der Waals surface area contributed by atoms with Crippen LogP contribution < -0.4 is 0 Å². The van der Waals surface area contributed by atoms with Crippen molar-refractivity contribution in [2.45, 2.75) is 6.04 Å². The number of methoxy groups -OCH3 is 1. The summed E-state index contributed by atoms with van der Waals surface area (Å²) < 4.78 is 4.83. The van der Waals surface area contributed by atoms with E-state index in [4.69, 9.17) is 4.74 Å². The lowest BCUT2D eigenvalue weighted by Gasteiger charge is -2.27. The molecule has 3 nitrogen and oxygen atoms in total. The Morgan fingerprint density at radius 2 is 1.90 bits per heavy atom. The summed E-state index contributed by atoms with van der Waals surface area (Å²) in [5.74, 6) is 0. The number of hydrogen-bond donors (Lipinski definition) is 0. The first-order valence-corrected chi connectivity index (χ1v) is 6.49. The molecule has 0 bridgehead atoms. The molecule has 3 rings (SSSR count). The van der Waals surface area contributed by atoms with Gasteiger partial charge in [0.25, 0.3) is 0 Å². The van der Waals surface area contributed by atoms with Crippen LogP contribution in [-0.2, 0) is 4.74 Å². The minimum atomic E-state index is -0.358. The van der Waals surface area contributed by atoms with Crippen LogP contribution in [0.2, 0.25) is 0 Å². The highest BCUT2D eigenvalue weighted by Crippen LogP contribution is 2.28. The standard InChI is InChI=1S/C17H15NO2/c1-20-17(19)18-11-5-4-8-16(18)15-10-9-13-6-2-3-7-14(13)12-15/h2-12,16H,1H3. The second kappa shape index (κ2) is 5.21. The van der Waals surface area contributed by atoms with Gasteiger partial charge in [0.1, 0.15) is 0 Å². The maximum Gasteiger partial charge on any atom is 0.414 e. The van der Waals surface area contributed by atoms with Crippen molar-refractivity contribution in [3.8, 4) is 0 Å². The van der Waals surface area contributed by atoms with E-state index in [1.165, 1.54) is 12.5 Å². The van der Waals surface area contributed by atoms with Crippen molar-refractivity contribution in [1.29, 1.82) is 0 Å². The van der Waals surface area contributed by atoms with Gasteiger partial charge in [-0.3, -0.25) is 4.90 Å². The van der Waals surface area contributed by atoms with E-state index in [-0.39, 0.29) is 12.1 Å². The molecule has 20 heavy (non-hydrogen) atoms. The van der Waals surface area contributed by atoms with E-state index < -0.39 is 0 Å². The lowest BCUT2D eigenvalue weighted by molar-refractivity contribution is 0.132. The van der Waals surface area contributed by atoms with Gasteiger partial charge < -0.3 is 4.74 Å². The molecule has 0 saturated carbocycles. The predicted octanol–water partition coefficient (Wildman–Crippen LogP) is 4.03. The first-order valence-electron chi connectivity index (χ1n) is 6.49. The van der Waals surface area contributed by atoms with Gasteiger partial charge in [0.2, 0.25) is 0 Å². The molecule has 0 aliphatic carbocycles. The van der Waals surface area contributed by atoms with Gasteiger partial charge in [-0.15, -0.1) is 0 Å². The Morgan fingerprint density at radius 1 is 1.10 bits per heavy atom. The summed E-state index contributed by atoms with van der Waals surface area (Å²) in [7, 11) is 1.39. The van der Waals surface area contributed by atoms with E-state index in [1.54, 1.807) is 11.1 Å². The molecule has 0 spiro atoms. The highest BCUT2D eigenvalue weighted by Gasteiger charge is 2.23. The number of amides is 1. The summed E-state index contributed by atoms with van der Waals surface area (Å²) in [5.41, 5.74) is 1.06. The van der Waals surface area contributed by atoms with Crippen LogP contribution in [0.25, 0.3) is 10.8 Å². The first-order chi connectivity index (χ1) is 9.79. The third-order valence-corrected chi connectivity index (χ3v) is 3.45. The van der Waals surface area contributed by atoms with Gasteiger partial charge in [-0.25, -0.2) is 4.79 Å². The molecule has 1 heterocycles. The number of ether oxygens (including phenoxy) is 1. The number of benzene rings is 2. The van der Waals surface area contributed by atoms with Crippen LogP contribution in [0.4, 0.5) is 4.79 Å². The van der Waals surface area contributed by atoms with Crippen LogP contribution in [0.15, 0.2) is 66.9 Å². The van der Waals surface area contributed by atoms with Crippen LogP contribution in [0, 0.1) is 0 Å². The third kappa shape index (κ3) is 2.18. The highest BCUT2D eigenvalue weighted by atomic mass is 16.5. The molecule has 1 unspecified atom stereocenters. The minimum absolute atomic E-state index is 0.128. The zero-order valence-corrected chi connectivity index (χ0v) is 11.2. The minimum Gasteiger partial charge on any atom is -0.452 e. The zero-order chi connectivity index (χ0) is 13.9. The molecule has 0 fully saturated rings. The summed E-state index contributed by atoms with van der Waals surface area (Å²) in [4.78, 5) is 13.4. The second-order valence-corrected chi connectivity index (χ2v) is 4.66. The van der Waals surface area contributed by atoms with E-state index >= 15 is 0 Å². The summed E-state index contributed by atoms with van der Waals surface area (Å²) in [5, 5.41) is 2.36. The van der Waals surface area contributed by atoms with Crippen molar-refractivity contribution in [2.24, 2.45) is 0 Å². The maximum absolute atomic E-state index is 11.8. The smallest absolute Gasteiger partial charge is 0.414 e. The van der Waals surface area contributed by atoms with Gasteiger partial charge in [0.05, 0.1) is 13.2 Å². The number of carbonyl (C=O) groups is 1. The Bertz CT molecular complexity index is 703. The molecule has 1 amide bonds. The molecular formula is C17H15NO2. The maximum atomic E-state index is 11.8. The van der Waals surface area contributed by atoms with E-state index in [1.807, 2.05) is 36.4 Å². The molecule has 100 valence electrons. The number of fused-ring (bicyclic) bond motifs is 1. The molecule has 1 atom stereocenters. The van der Waals surface area contributed by atoms with Gasteiger partial charge in [-0.05, 0) is 28.5 Å². The number of nitrogens with zero attached hydrogens (tertiary/aromatic N) is 1. The van der Waals surface area contributed by atoms with E-state index in [2.05, 4.69) is 24.3 Å². The van der Waals surface area contributed by atoms with Gasteiger partial charge in [-0.1, -0.05) is 48.6 Å². The van der Waals surface area contributed by atoms with E-state index in [0.29, 0.717) is 0 Å². The number of carbonyl (C=O) groups excluding carboxylic acids is 1. The van der Waals surface area contributed by atoms with Crippen LogP contribution >= 0.6 is 0 Å². The molecule has 2 aromatic carbocycles. The summed E-state index contributed by atoms with van der Waals surface area (Å²) >= 11 is 0. The quantitative estimate of drug-likeness (QED) is 0.779. The Morgan fingerprint density at radius 3 is 2.70 bits per heavy atom. The summed E-state index contributed by atoms with van der Waals surface area (Å²) in [6.07, 6.45) is 7.14. The molecule has 2 aromatic rings. The number of rotatable bonds is 1. The van der Waals surface area contributed by atoms with E-state index in [9.17, 15) is 4.79 Å². The Hall–Kier alpha value is -2.55.